The summed E-state index contributed by atoms with van der Waals surface area (Å²) < 4.78 is 13.5. The smallest absolute Gasteiger partial charge is 0.130 e. The van der Waals surface area contributed by atoms with Gasteiger partial charge in [0.1, 0.15) is 5.82 Å². The fourth-order valence-electron chi connectivity index (χ4n) is 1.43. The molecular weight excluding hydrogens is 201 g/mol. The Hall–Kier alpha value is -1.96. The van der Waals surface area contributed by atoms with E-state index < -0.39 is 0 Å². The molecule has 0 bridgehead atoms. The third-order valence-electron chi connectivity index (χ3n) is 2.32. The van der Waals surface area contributed by atoms with E-state index in [1.165, 1.54) is 6.07 Å². The van der Waals surface area contributed by atoms with Gasteiger partial charge in [0.15, 0.2) is 0 Å². The summed E-state index contributed by atoms with van der Waals surface area (Å²) in [6, 6.07) is 8.97. The molecule has 1 aromatic heterocycles. The zero-order valence-electron chi connectivity index (χ0n) is 9.02. The lowest BCUT2D eigenvalue weighted by Gasteiger charge is -1.98. The highest BCUT2D eigenvalue weighted by Crippen LogP contribution is 2.13. The highest BCUT2D eigenvalue weighted by Gasteiger charge is 1.97. The van der Waals surface area contributed by atoms with Gasteiger partial charge < -0.3 is 0 Å². The normalized spacial score (nSPS) is 10.9. The maximum Gasteiger partial charge on any atom is 0.130 e. The highest BCUT2D eigenvalue weighted by molar-refractivity contribution is 5.69. The van der Waals surface area contributed by atoms with Gasteiger partial charge in [0.05, 0.1) is 0 Å². The summed E-state index contributed by atoms with van der Waals surface area (Å²) in [5.74, 6) is -0.190. The summed E-state index contributed by atoms with van der Waals surface area (Å²) in [4.78, 5) is 3.92. The molecule has 0 amide bonds. The average molecular weight is 213 g/mol. The van der Waals surface area contributed by atoms with E-state index >= 15 is 0 Å². The number of aromatic nitrogens is 1. The van der Waals surface area contributed by atoms with Gasteiger partial charge in [-0.2, -0.15) is 0 Å². The van der Waals surface area contributed by atoms with Gasteiger partial charge in [-0.25, -0.2) is 4.39 Å². The van der Waals surface area contributed by atoms with E-state index in [4.69, 9.17) is 0 Å². The van der Waals surface area contributed by atoms with Crippen molar-refractivity contribution in [3.05, 3.63) is 65.2 Å². The Bertz CT molecular complexity index is 503. The van der Waals surface area contributed by atoms with Crippen LogP contribution in [0, 0.1) is 12.7 Å². The molecule has 1 heterocycles. The van der Waals surface area contributed by atoms with Gasteiger partial charge in [0.2, 0.25) is 0 Å². The van der Waals surface area contributed by atoms with E-state index in [9.17, 15) is 4.39 Å². The first kappa shape index (κ1) is 10.6. The van der Waals surface area contributed by atoms with Crippen molar-refractivity contribution in [3.63, 3.8) is 0 Å². The number of pyridine rings is 1. The van der Waals surface area contributed by atoms with Crippen LogP contribution < -0.4 is 0 Å². The van der Waals surface area contributed by atoms with Crippen molar-refractivity contribution in [1.29, 1.82) is 0 Å². The average Bonchev–Trinajstić information content (AvgIpc) is 2.29. The minimum atomic E-state index is -0.190. The topological polar surface area (TPSA) is 12.9 Å². The van der Waals surface area contributed by atoms with E-state index in [-0.39, 0.29) is 5.82 Å². The molecule has 80 valence electrons. The minimum Gasteiger partial charge on any atom is -0.265 e. The van der Waals surface area contributed by atoms with E-state index in [2.05, 4.69) is 4.98 Å². The Kier molecular flexibility index (Phi) is 3.10. The monoisotopic (exact) mass is 213 g/mol. The van der Waals surface area contributed by atoms with Crippen LogP contribution in [0.2, 0.25) is 0 Å². The van der Waals surface area contributed by atoms with Gasteiger partial charge in [-0.3, -0.25) is 4.98 Å². The van der Waals surface area contributed by atoms with Gasteiger partial charge in [0.25, 0.3) is 0 Å². The van der Waals surface area contributed by atoms with Crippen LogP contribution in [-0.2, 0) is 0 Å². The Morgan fingerprint density at radius 2 is 1.81 bits per heavy atom. The molecule has 0 unspecified atom stereocenters. The molecule has 0 N–H and O–H groups in total. The molecule has 1 aromatic carbocycles. The van der Waals surface area contributed by atoms with Gasteiger partial charge in [-0.15, -0.1) is 0 Å². The summed E-state index contributed by atoms with van der Waals surface area (Å²) in [6.45, 7) is 1.87. The molecule has 16 heavy (non-hydrogen) atoms. The minimum absolute atomic E-state index is 0.190. The number of rotatable bonds is 2. The SMILES string of the molecule is Cc1ccc(C=Cc2ccncc2)c(F)c1. The van der Waals surface area contributed by atoms with Crippen molar-refractivity contribution >= 4 is 12.2 Å². The third kappa shape index (κ3) is 2.54. The summed E-state index contributed by atoms with van der Waals surface area (Å²) >= 11 is 0. The second kappa shape index (κ2) is 4.71. The van der Waals surface area contributed by atoms with E-state index in [1.807, 2.05) is 31.2 Å². The zero-order valence-corrected chi connectivity index (χ0v) is 9.02. The summed E-state index contributed by atoms with van der Waals surface area (Å²) in [5.41, 5.74) is 2.54. The molecule has 0 fully saturated rings. The van der Waals surface area contributed by atoms with E-state index in [0.29, 0.717) is 5.56 Å². The number of hydrogen-bond donors (Lipinski definition) is 0. The van der Waals surface area contributed by atoms with Crippen LogP contribution in [0.15, 0.2) is 42.7 Å². The van der Waals surface area contributed by atoms with Crippen LogP contribution in [0.4, 0.5) is 4.39 Å². The van der Waals surface area contributed by atoms with Crippen LogP contribution in [0.25, 0.3) is 12.2 Å². The molecule has 0 saturated heterocycles. The van der Waals surface area contributed by atoms with Crippen LogP contribution in [0.1, 0.15) is 16.7 Å². The Balaban J connectivity index is 2.24. The fourth-order valence-corrected chi connectivity index (χ4v) is 1.43. The molecule has 0 aliphatic carbocycles. The molecule has 2 aromatic rings. The number of benzene rings is 1. The van der Waals surface area contributed by atoms with Crippen molar-refractivity contribution in [2.75, 3.05) is 0 Å². The number of hydrogen-bond acceptors (Lipinski definition) is 1. The largest absolute Gasteiger partial charge is 0.265 e. The maximum absolute atomic E-state index is 13.5. The summed E-state index contributed by atoms with van der Waals surface area (Å²) in [5, 5.41) is 0. The predicted molar refractivity (Wildman–Crippen MR) is 64.3 cm³/mol. The quantitative estimate of drug-likeness (QED) is 0.741. The van der Waals surface area contributed by atoms with E-state index in [1.54, 1.807) is 24.5 Å². The Morgan fingerprint density at radius 3 is 2.50 bits per heavy atom. The maximum atomic E-state index is 13.5. The lowest BCUT2D eigenvalue weighted by atomic mass is 10.1. The second-order valence-electron chi connectivity index (χ2n) is 3.64. The first-order chi connectivity index (χ1) is 7.75. The standard InChI is InChI=1S/C14H12FN/c1-11-2-4-13(14(15)10-11)5-3-12-6-8-16-9-7-12/h2-10H,1H3. The summed E-state index contributed by atoms with van der Waals surface area (Å²) in [7, 11) is 0. The molecule has 0 aliphatic heterocycles. The molecule has 0 spiro atoms. The van der Waals surface area contributed by atoms with Crippen molar-refractivity contribution in [2.24, 2.45) is 0 Å². The summed E-state index contributed by atoms with van der Waals surface area (Å²) in [6.07, 6.45) is 7.07. The van der Waals surface area contributed by atoms with Crippen molar-refractivity contribution in [1.82, 2.24) is 4.98 Å². The molecule has 0 atom stereocenters. The molecule has 0 radical (unpaired) electrons. The molecule has 2 rings (SSSR count). The first-order valence-corrected chi connectivity index (χ1v) is 5.10. The predicted octanol–water partition coefficient (Wildman–Crippen LogP) is 3.70. The Morgan fingerprint density at radius 1 is 1.06 bits per heavy atom. The van der Waals surface area contributed by atoms with Crippen molar-refractivity contribution in [2.45, 2.75) is 6.92 Å². The Labute approximate surface area is 94.3 Å². The van der Waals surface area contributed by atoms with E-state index in [0.717, 1.165) is 11.1 Å². The second-order valence-corrected chi connectivity index (χ2v) is 3.64. The van der Waals surface area contributed by atoms with Gasteiger partial charge in [-0.05, 0) is 36.2 Å². The molecule has 2 heteroatoms. The van der Waals surface area contributed by atoms with Crippen LogP contribution in [-0.4, -0.2) is 4.98 Å². The fraction of sp³-hybridized carbons (Fsp3) is 0.0714. The van der Waals surface area contributed by atoms with Gasteiger partial charge in [0, 0.05) is 18.0 Å². The van der Waals surface area contributed by atoms with Crippen molar-refractivity contribution in [3.8, 4) is 0 Å². The molecule has 1 nitrogen and oxygen atoms in total. The van der Waals surface area contributed by atoms with Crippen LogP contribution in [0.3, 0.4) is 0 Å². The lowest BCUT2D eigenvalue weighted by molar-refractivity contribution is 0.624. The zero-order chi connectivity index (χ0) is 11.4. The third-order valence-corrected chi connectivity index (χ3v) is 2.32. The number of aryl methyl sites for hydroxylation is 1. The molecular formula is C14H12FN. The molecule has 0 aliphatic rings. The number of nitrogens with zero attached hydrogens (tertiary/aromatic N) is 1. The van der Waals surface area contributed by atoms with Crippen LogP contribution >= 0.6 is 0 Å². The molecule has 0 saturated carbocycles. The van der Waals surface area contributed by atoms with Gasteiger partial charge >= 0.3 is 0 Å². The number of halogens is 1. The lowest BCUT2D eigenvalue weighted by Crippen LogP contribution is -1.83. The van der Waals surface area contributed by atoms with Crippen molar-refractivity contribution < 1.29 is 4.39 Å². The van der Waals surface area contributed by atoms with Crippen LogP contribution in [0.5, 0.6) is 0 Å². The first-order valence-electron chi connectivity index (χ1n) is 5.10. The highest BCUT2D eigenvalue weighted by atomic mass is 19.1. The van der Waals surface area contributed by atoms with Gasteiger partial charge in [-0.1, -0.05) is 24.3 Å².